The largest absolute Gasteiger partial charge is 0.347 e. The van der Waals surface area contributed by atoms with Gasteiger partial charge in [-0.2, -0.15) is 0 Å². The summed E-state index contributed by atoms with van der Waals surface area (Å²) in [5.74, 6) is -1.95. The smallest absolute Gasteiger partial charge is 0.262 e. The molecular weight excluding hydrogens is 336 g/mol. The summed E-state index contributed by atoms with van der Waals surface area (Å²) in [5, 5.41) is 2.87. The van der Waals surface area contributed by atoms with Crippen LogP contribution in [0.25, 0.3) is 10.2 Å². The lowest BCUT2D eigenvalue weighted by Gasteiger charge is -2.07. The van der Waals surface area contributed by atoms with Crippen molar-refractivity contribution in [3.63, 3.8) is 0 Å². The molecule has 0 fully saturated rings. The van der Waals surface area contributed by atoms with Crippen molar-refractivity contribution in [3.05, 3.63) is 62.5 Å². The summed E-state index contributed by atoms with van der Waals surface area (Å²) in [6.07, 6.45) is 1.39. The Hall–Kier alpha value is -2.61. The molecule has 0 spiro atoms. The Morgan fingerprint density at radius 1 is 1.33 bits per heavy atom. The highest BCUT2D eigenvalue weighted by atomic mass is 32.1. The minimum Gasteiger partial charge on any atom is -0.347 e. The molecule has 0 radical (unpaired) electrons. The van der Waals surface area contributed by atoms with Crippen molar-refractivity contribution in [1.29, 1.82) is 0 Å². The monoisotopic (exact) mass is 349 g/mol. The average molecular weight is 349 g/mol. The summed E-state index contributed by atoms with van der Waals surface area (Å²) in [7, 11) is 1.58. The van der Waals surface area contributed by atoms with Crippen molar-refractivity contribution in [2.45, 2.75) is 13.5 Å². The lowest BCUT2D eigenvalue weighted by atomic mass is 10.2. The number of aromatic nitrogens is 2. The molecule has 0 bridgehead atoms. The number of thiophene rings is 1. The molecular formula is C16H13F2N3O2S. The fourth-order valence-electron chi connectivity index (χ4n) is 2.38. The Morgan fingerprint density at radius 2 is 2.00 bits per heavy atom. The van der Waals surface area contributed by atoms with Gasteiger partial charge in [-0.3, -0.25) is 9.59 Å². The normalized spacial score (nSPS) is 11.0. The van der Waals surface area contributed by atoms with Gasteiger partial charge in [0.05, 0.1) is 16.6 Å². The predicted octanol–water partition coefficient (Wildman–Crippen LogP) is 2.51. The molecule has 0 saturated carbocycles. The van der Waals surface area contributed by atoms with E-state index in [1.54, 1.807) is 14.0 Å². The van der Waals surface area contributed by atoms with Gasteiger partial charge in [-0.15, -0.1) is 11.3 Å². The van der Waals surface area contributed by atoms with Crippen molar-refractivity contribution in [3.8, 4) is 0 Å². The van der Waals surface area contributed by atoms with Crippen LogP contribution >= 0.6 is 11.3 Å². The molecule has 2 aromatic heterocycles. The second kappa shape index (κ2) is 6.12. The molecule has 124 valence electrons. The lowest BCUT2D eigenvalue weighted by molar-refractivity contribution is 0.0954. The van der Waals surface area contributed by atoms with E-state index in [0.29, 0.717) is 20.7 Å². The molecule has 0 aliphatic heterocycles. The maximum atomic E-state index is 13.6. The number of amides is 1. The topological polar surface area (TPSA) is 64.0 Å². The zero-order valence-corrected chi connectivity index (χ0v) is 13.7. The van der Waals surface area contributed by atoms with Gasteiger partial charge in [0.15, 0.2) is 0 Å². The molecule has 0 unspecified atom stereocenters. The van der Waals surface area contributed by atoms with E-state index in [-0.39, 0.29) is 17.7 Å². The number of aryl methyl sites for hydroxylation is 2. The molecule has 24 heavy (non-hydrogen) atoms. The fraction of sp³-hybridized carbons (Fsp3) is 0.188. The van der Waals surface area contributed by atoms with Gasteiger partial charge in [-0.1, -0.05) is 6.07 Å². The Kier molecular flexibility index (Phi) is 4.15. The summed E-state index contributed by atoms with van der Waals surface area (Å²) in [4.78, 5) is 29.4. The maximum Gasteiger partial charge on any atom is 0.262 e. The predicted molar refractivity (Wildman–Crippen MR) is 87.1 cm³/mol. The number of hydrogen-bond donors (Lipinski definition) is 1. The first kappa shape index (κ1) is 16.3. The summed E-state index contributed by atoms with van der Waals surface area (Å²) in [6.45, 7) is 1.37. The third kappa shape index (κ3) is 2.69. The van der Waals surface area contributed by atoms with Gasteiger partial charge in [0.2, 0.25) is 0 Å². The number of fused-ring (bicyclic) bond motifs is 1. The fourth-order valence-corrected chi connectivity index (χ4v) is 3.43. The second-order valence-electron chi connectivity index (χ2n) is 5.28. The van der Waals surface area contributed by atoms with Gasteiger partial charge in [0.25, 0.3) is 11.5 Å². The SMILES string of the molecule is Cc1c(C(=O)NCc2c(F)cccc2F)sc2ncn(C)c(=O)c12. The van der Waals surface area contributed by atoms with Crippen LogP contribution in [-0.4, -0.2) is 15.5 Å². The number of halogens is 2. The summed E-state index contributed by atoms with van der Waals surface area (Å²) >= 11 is 1.07. The number of rotatable bonds is 3. The summed E-state index contributed by atoms with van der Waals surface area (Å²) in [6, 6.07) is 3.51. The Balaban J connectivity index is 1.91. The quantitative estimate of drug-likeness (QED) is 0.790. The van der Waals surface area contributed by atoms with Crippen LogP contribution in [0.4, 0.5) is 8.78 Å². The molecule has 1 aromatic carbocycles. The first-order valence-electron chi connectivity index (χ1n) is 7.06. The molecule has 5 nitrogen and oxygen atoms in total. The van der Waals surface area contributed by atoms with Crippen LogP contribution in [0, 0.1) is 18.6 Å². The van der Waals surface area contributed by atoms with Crippen LogP contribution in [0.2, 0.25) is 0 Å². The minimum atomic E-state index is -0.723. The first-order chi connectivity index (χ1) is 11.4. The molecule has 8 heteroatoms. The van der Waals surface area contributed by atoms with Crippen LogP contribution in [0.5, 0.6) is 0 Å². The van der Waals surface area contributed by atoms with E-state index in [9.17, 15) is 18.4 Å². The number of hydrogen-bond acceptors (Lipinski definition) is 4. The van der Waals surface area contributed by atoms with Crippen molar-refractivity contribution in [2.24, 2.45) is 7.05 Å². The summed E-state index contributed by atoms with van der Waals surface area (Å²) < 4.78 is 28.5. The van der Waals surface area contributed by atoms with Gasteiger partial charge in [-0.25, -0.2) is 13.8 Å². The molecule has 0 aliphatic rings. The zero-order valence-electron chi connectivity index (χ0n) is 12.9. The van der Waals surface area contributed by atoms with Crippen LogP contribution < -0.4 is 10.9 Å². The zero-order chi connectivity index (χ0) is 17.4. The lowest BCUT2D eigenvalue weighted by Crippen LogP contribution is -2.24. The third-order valence-electron chi connectivity index (χ3n) is 3.70. The summed E-state index contributed by atoms with van der Waals surface area (Å²) in [5.41, 5.74) is 0.0572. The Morgan fingerprint density at radius 3 is 2.67 bits per heavy atom. The van der Waals surface area contributed by atoms with E-state index in [2.05, 4.69) is 10.3 Å². The third-order valence-corrected chi connectivity index (χ3v) is 4.90. The van der Waals surface area contributed by atoms with Gasteiger partial charge in [-0.05, 0) is 24.6 Å². The minimum absolute atomic E-state index is 0.210. The van der Waals surface area contributed by atoms with Crippen LogP contribution in [-0.2, 0) is 13.6 Å². The van der Waals surface area contributed by atoms with Gasteiger partial charge in [0.1, 0.15) is 16.5 Å². The van der Waals surface area contributed by atoms with E-state index >= 15 is 0 Å². The number of carbonyl (C=O) groups excluding carboxylic acids is 1. The highest BCUT2D eigenvalue weighted by molar-refractivity contribution is 7.20. The van der Waals surface area contributed by atoms with Crippen LogP contribution in [0.3, 0.4) is 0 Å². The van der Waals surface area contributed by atoms with Crippen molar-refractivity contribution in [2.75, 3.05) is 0 Å². The molecule has 0 aliphatic carbocycles. The molecule has 1 amide bonds. The molecule has 1 N–H and O–H groups in total. The highest BCUT2D eigenvalue weighted by Gasteiger charge is 2.19. The van der Waals surface area contributed by atoms with E-state index in [1.165, 1.54) is 17.0 Å². The molecule has 0 saturated heterocycles. The Bertz CT molecular complexity index is 990. The van der Waals surface area contributed by atoms with Gasteiger partial charge in [0, 0.05) is 19.2 Å². The molecule has 3 aromatic rings. The number of carbonyl (C=O) groups is 1. The standard InChI is InChI=1S/C16H13F2N3O2S/c1-8-12-15(20-7-21(2)16(12)23)24-13(8)14(22)19-6-9-10(17)4-3-5-11(9)18/h3-5,7H,6H2,1-2H3,(H,19,22). The molecule has 2 heterocycles. The Labute approximate surface area is 139 Å². The van der Waals surface area contributed by atoms with E-state index in [1.807, 2.05) is 0 Å². The molecule has 0 atom stereocenters. The number of nitrogens with one attached hydrogen (secondary N) is 1. The maximum absolute atomic E-state index is 13.6. The average Bonchev–Trinajstić information content (AvgIpc) is 2.88. The van der Waals surface area contributed by atoms with Crippen molar-refractivity contribution in [1.82, 2.24) is 14.9 Å². The first-order valence-corrected chi connectivity index (χ1v) is 7.87. The van der Waals surface area contributed by atoms with Gasteiger partial charge < -0.3 is 9.88 Å². The van der Waals surface area contributed by atoms with E-state index < -0.39 is 17.5 Å². The van der Waals surface area contributed by atoms with Crippen molar-refractivity contribution < 1.29 is 13.6 Å². The molecule has 3 rings (SSSR count). The van der Waals surface area contributed by atoms with Crippen LogP contribution in [0.1, 0.15) is 20.8 Å². The number of benzene rings is 1. The van der Waals surface area contributed by atoms with Crippen LogP contribution in [0.15, 0.2) is 29.3 Å². The van der Waals surface area contributed by atoms with Crippen molar-refractivity contribution >= 4 is 27.5 Å². The number of nitrogens with zero attached hydrogens (tertiary/aromatic N) is 2. The van der Waals surface area contributed by atoms with Gasteiger partial charge >= 0.3 is 0 Å². The van der Waals surface area contributed by atoms with E-state index in [4.69, 9.17) is 0 Å². The van der Waals surface area contributed by atoms with E-state index in [0.717, 1.165) is 23.5 Å². The second-order valence-corrected chi connectivity index (χ2v) is 6.28. The highest BCUT2D eigenvalue weighted by Crippen LogP contribution is 2.26.